The van der Waals surface area contributed by atoms with Gasteiger partial charge in [-0.05, 0) is 57.6 Å². The predicted octanol–water partition coefficient (Wildman–Crippen LogP) is 2.38. The molecular weight excluding hydrogens is 328 g/mol. The number of ether oxygens (including phenoxy) is 2. The summed E-state index contributed by atoms with van der Waals surface area (Å²) in [6.07, 6.45) is 3.11. The third-order valence-corrected chi connectivity index (χ3v) is 5.29. The third kappa shape index (κ3) is 6.23. The molecule has 26 heavy (non-hydrogen) atoms. The summed E-state index contributed by atoms with van der Waals surface area (Å²) in [6, 6.07) is 8.67. The fourth-order valence-corrected chi connectivity index (χ4v) is 3.86. The van der Waals surface area contributed by atoms with Crippen molar-refractivity contribution in [2.45, 2.75) is 31.6 Å². The minimum Gasteiger partial charge on any atom is -0.494 e. The van der Waals surface area contributed by atoms with Crippen molar-refractivity contribution >= 4 is 0 Å². The van der Waals surface area contributed by atoms with Gasteiger partial charge in [0.15, 0.2) is 0 Å². The number of rotatable bonds is 11. The summed E-state index contributed by atoms with van der Waals surface area (Å²) in [6.45, 7) is 8.44. The first kappa shape index (κ1) is 21.2. The number of nitrogens with zero attached hydrogens (tertiary/aromatic N) is 2. The molecule has 1 aliphatic rings. The molecule has 0 atom stereocenters. The summed E-state index contributed by atoms with van der Waals surface area (Å²) in [5.74, 6) is 0.936. The van der Waals surface area contributed by atoms with Crippen molar-refractivity contribution in [2.24, 2.45) is 0 Å². The molecule has 0 spiro atoms. The van der Waals surface area contributed by atoms with Gasteiger partial charge in [-0.3, -0.25) is 0 Å². The highest BCUT2D eigenvalue weighted by Gasteiger charge is 2.34. The zero-order valence-corrected chi connectivity index (χ0v) is 16.7. The molecule has 2 rings (SSSR count). The minimum atomic E-state index is 0.187. The molecule has 148 valence electrons. The van der Waals surface area contributed by atoms with Gasteiger partial charge in [-0.25, -0.2) is 0 Å². The fourth-order valence-electron chi connectivity index (χ4n) is 3.86. The maximum absolute atomic E-state index is 9.03. The number of hydrogen-bond donors (Lipinski definition) is 1. The van der Waals surface area contributed by atoms with Crippen LogP contribution in [0.4, 0.5) is 0 Å². The second-order valence-corrected chi connectivity index (χ2v) is 7.51. The Balaban J connectivity index is 1.88. The normalized spacial score (nSPS) is 17.0. The molecule has 1 saturated heterocycles. The van der Waals surface area contributed by atoms with Crippen LogP contribution in [0.5, 0.6) is 5.75 Å². The maximum Gasteiger partial charge on any atom is 0.119 e. The molecule has 5 nitrogen and oxygen atoms in total. The van der Waals surface area contributed by atoms with Crippen molar-refractivity contribution in [3.63, 3.8) is 0 Å². The molecule has 5 heteroatoms. The molecule has 1 fully saturated rings. The van der Waals surface area contributed by atoms with Crippen LogP contribution in [0, 0.1) is 0 Å². The molecule has 0 aliphatic carbocycles. The minimum absolute atomic E-state index is 0.187. The lowest BCUT2D eigenvalue weighted by molar-refractivity contribution is 0.0401. The quantitative estimate of drug-likeness (QED) is 0.611. The molecule has 0 unspecified atom stereocenters. The van der Waals surface area contributed by atoms with Gasteiger partial charge in [0, 0.05) is 38.3 Å². The Morgan fingerprint density at radius 2 is 1.81 bits per heavy atom. The maximum atomic E-state index is 9.03. The van der Waals surface area contributed by atoms with Crippen LogP contribution in [0.2, 0.25) is 0 Å². The van der Waals surface area contributed by atoms with Gasteiger partial charge in [-0.15, -0.1) is 0 Å². The van der Waals surface area contributed by atoms with Gasteiger partial charge in [0.25, 0.3) is 0 Å². The lowest BCUT2D eigenvalue weighted by atomic mass is 9.74. The molecule has 0 aromatic heterocycles. The molecule has 1 aromatic carbocycles. The molecule has 0 saturated carbocycles. The summed E-state index contributed by atoms with van der Waals surface area (Å²) >= 11 is 0. The van der Waals surface area contributed by atoms with E-state index in [1.54, 1.807) is 0 Å². The van der Waals surface area contributed by atoms with E-state index in [1.165, 1.54) is 5.56 Å². The lowest BCUT2D eigenvalue weighted by Crippen LogP contribution is -2.42. The second-order valence-electron chi connectivity index (χ2n) is 7.51. The van der Waals surface area contributed by atoms with Crippen LogP contribution in [0.1, 0.15) is 31.7 Å². The summed E-state index contributed by atoms with van der Waals surface area (Å²) < 4.78 is 11.5. The Labute approximate surface area is 158 Å². The summed E-state index contributed by atoms with van der Waals surface area (Å²) in [5, 5.41) is 9.03. The van der Waals surface area contributed by atoms with E-state index in [0.29, 0.717) is 6.61 Å². The van der Waals surface area contributed by atoms with Crippen molar-refractivity contribution in [1.82, 2.24) is 9.80 Å². The van der Waals surface area contributed by atoms with Crippen LogP contribution in [0.3, 0.4) is 0 Å². The standard InChI is InChI=1S/C21H36N2O3/c1-4-23(13-14-24)12-5-15-26-20-8-6-19(7-9-20)21(18-22(2)3)10-16-25-17-11-21/h6-9,24H,4-5,10-18H2,1-3H3. The number of hydrogen-bond acceptors (Lipinski definition) is 5. The van der Waals surface area contributed by atoms with E-state index in [1.807, 2.05) is 0 Å². The van der Waals surface area contributed by atoms with E-state index in [9.17, 15) is 0 Å². The van der Waals surface area contributed by atoms with E-state index >= 15 is 0 Å². The lowest BCUT2D eigenvalue weighted by Gasteiger charge is -2.39. The first-order chi connectivity index (χ1) is 12.6. The van der Waals surface area contributed by atoms with E-state index in [4.69, 9.17) is 14.6 Å². The average Bonchev–Trinajstić information content (AvgIpc) is 2.65. The molecule has 1 N–H and O–H groups in total. The van der Waals surface area contributed by atoms with Crippen molar-refractivity contribution < 1.29 is 14.6 Å². The van der Waals surface area contributed by atoms with E-state index < -0.39 is 0 Å². The first-order valence-corrected chi connectivity index (χ1v) is 9.88. The molecule has 0 amide bonds. The largest absolute Gasteiger partial charge is 0.494 e. The topological polar surface area (TPSA) is 45.2 Å². The molecule has 1 heterocycles. The van der Waals surface area contributed by atoms with Gasteiger partial charge in [0.2, 0.25) is 0 Å². The number of benzene rings is 1. The number of aliphatic hydroxyl groups excluding tert-OH is 1. The Kier molecular flexibility index (Phi) is 8.85. The van der Waals surface area contributed by atoms with Gasteiger partial charge in [-0.2, -0.15) is 0 Å². The van der Waals surface area contributed by atoms with Crippen molar-refractivity contribution in [2.75, 3.05) is 66.7 Å². The van der Waals surface area contributed by atoms with E-state index in [2.05, 4.69) is 55.1 Å². The summed E-state index contributed by atoms with van der Waals surface area (Å²) in [7, 11) is 4.29. The smallest absolute Gasteiger partial charge is 0.119 e. The van der Waals surface area contributed by atoms with Crippen LogP contribution in [-0.2, 0) is 10.2 Å². The fraction of sp³-hybridized carbons (Fsp3) is 0.714. The highest BCUT2D eigenvalue weighted by molar-refractivity contribution is 5.33. The SMILES string of the molecule is CCN(CCO)CCCOc1ccc(C2(CN(C)C)CCOCC2)cc1. The number of likely N-dealkylation sites (N-methyl/N-ethyl adjacent to an activating group) is 2. The summed E-state index contributed by atoms with van der Waals surface area (Å²) in [5.41, 5.74) is 1.58. The van der Waals surface area contributed by atoms with Gasteiger partial charge in [0.05, 0.1) is 13.2 Å². The summed E-state index contributed by atoms with van der Waals surface area (Å²) in [4.78, 5) is 4.52. The Hall–Kier alpha value is -1.14. The average molecular weight is 365 g/mol. The third-order valence-electron chi connectivity index (χ3n) is 5.29. The van der Waals surface area contributed by atoms with Crippen LogP contribution in [-0.4, -0.2) is 81.6 Å². The molecule has 1 aromatic rings. The van der Waals surface area contributed by atoms with E-state index in [-0.39, 0.29) is 12.0 Å². The molecule has 0 bridgehead atoms. The molecule has 0 radical (unpaired) electrons. The van der Waals surface area contributed by atoms with Crippen LogP contribution in [0.15, 0.2) is 24.3 Å². The highest BCUT2D eigenvalue weighted by Crippen LogP contribution is 2.36. The molecular formula is C21H36N2O3. The highest BCUT2D eigenvalue weighted by atomic mass is 16.5. The Bertz CT molecular complexity index is 498. The van der Waals surface area contributed by atoms with Gasteiger partial charge in [-0.1, -0.05) is 19.1 Å². The van der Waals surface area contributed by atoms with Gasteiger partial charge >= 0.3 is 0 Å². The number of aliphatic hydroxyl groups is 1. The predicted molar refractivity (Wildman–Crippen MR) is 106 cm³/mol. The van der Waals surface area contributed by atoms with Gasteiger partial charge < -0.3 is 24.4 Å². The van der Waals surface area contributed by atoms with Crippen molar-refractivity contribution in [1.29, 1.82) is 0 Å². The van der Waals surface area contributed by atoms with Crippen LogP contribution < -0.4 is 4.74 Å². The zero-order valence-electron chi connectivity index (χ0n) is 16.7. The Morgan fingerprint density at radius 3 is 2.38 bits per heavy atom. The van der Waals surface area contributed by atoms with Crippen LogP contribution in [0.25, 0.3) is 0 Å². The monoisotopic (exact) mass is 364 g/mol. The van der Waals surface area contributed by atoms with Gasteiger partial charge in [0.1, 0.15) is 5.75 Å². The van der Waals surface area contributed by atoms with Crippen LogP contribution >= 0.6 is 0 Å². The second kappa shape index (κ2) is 10.9. The first-order valence-electron chi connectivity index (χ1n) is 9.88. The van der Waals surface area contributed by atoms with E-state index in [0.717, 1.165) is 64.4 Å². The Morgan fingerprint density at radius 1 is 1.12 bits per heavy atom. The zero-order chi connectivity index (χ0) is 18.8. The molecule has 1 aliphatic heterocycles. The van der Waals surface area contributed by atoms with Crippen molar-refractivity contribution in [3.8, 4) is 5.75 Å². The van der Waals surface area contributed by atoms with Crippen molar-refractivity contribution in [3.05, 3.63) is 29.8 Å².